The number of pyridine rings is 3. The third-order valence-electron chi connectivity index (χ3n) is 21.6. The monoisotopic (exact) mass is 1350 g/mol. The molecule has 0 saturated heterocycles. The standard InChI is InChI=1S/C97H59N7O2/c1-2-22-60(23-3-1)86-58-87(72-30-19-28-70-68-26-4-6-32-74(68)96(92(70)72)76-34-8-12-41-88(76)105-89-42-13-9-35-77(89)96)104-94(101-86)66-25-18-24-65(56-66)82-39-21-40-83(100-82)67-53-54-81(99-59-67)62-47-51-64(52-48-62)85-57-84(63-49-45-61(46-50-63)80-38-16-17-55-98-80)102-95(103-85)73-31-20-29-71-69-27-5-7-33-75(69)97(93(71)73)78-36-10-14-43-90(78)106-91-44-15-11-37-79(91)97/h1-59H. The molecule has 5 aromatic heterocycles. The maximum atomic E-state index is 6.75. The van der Waals surface area contributed by atoms with Crippen molar-refractivity contribution >= 4 is 0 Å². The van der Waals surface area contributed by atoms with Crippen molar-refractivity contribution in [3.8, 4) is 158 Å². The minimum atomic E-state index is -0.731. The van der Waals surface area contributed by atoms with Crippen molar-refractivity contribution in [2.45, 2.75) is 10.8 Å². The Kier molecular flexibility index (Phi) is 13.9. The van der Waals surface area contributed by atoms with Crippen LogP contribution in [-0.4, -0.2) is 34.9 Å². The Morgan fingerprint density at radius 1 is 0.198 bits per heavy atom. The second-order valence-electron chi connectivity index (χ2n) is 27.3. The topological polar surface area (TPSA) is 109 Å². The Hall–Kier alpha value is -14.2. The predicted molar refractivity (Wildman–Crippen MR) is 420 cm³/mol. The number of benzene rings is 12. The van der Waals surface area contributed by atoms with Gasteiger partial charge >= 0.3 is 0 Å². The number of para-hydroxylation sites is 4. The molecule has 0 amide bonds. The van der Waals surface area contributed by atoms with Crippen LogP contribution in [0.3, 0.4) is 0 Å². The van der Waals surface area contributed by atoms with Gasteiger partial charge in [0, 0.05) is 90.3 Å². The van der Waals surface area contributed by atoms with E-state index < -0.39 is 10.8 Å². The second-order valence-corrected chi connectivity index (χ2v) is 27.3. The van der Waals surface area contributed by atoms with Crippen LogP contribution >= 0.6 is 0 Å². The molecule has 2 aliphatic carbocycles. The van der Waals surface area contributed by atoms with Crippen molar-refractivity contribution in [3.05, 3.63) is 403 Å². The Morgan fingerprint density at radius 2 is 0.566 bits per heavy atom. The molecule has 0 radical (unpaired) electrons. The molecule has 9 heteroatoms. The van der Waals surface area contributed by atoms with E-state index in [1.54, 1.807) is 0 Å². The van der Waals surface area contributed by atoms with Gasteiger partial charge in [0.1, 0.15) is 23.0 Å². The van der Waals surface area contributed by atoms with Gasteiger partial charge in [-0.15, -0.1) is 0 Å². The van der Waals surface area contributed by atoms with Gasteiger partial charge in [-0.1, -0.05) is 267 Å². The first-order chi connectivity index (χ1) is 52.5. The summed E-state index contributed by atoms with van der Waals surface area (Å²) in [6.45, 7) is 0. The zero-order chi connectivity index (χ0) is 69.9. The molecule has 0 unspecified atom stereocenters. The van der Waals surface area contributed by atoms with Crippen LogP contribution in [0.5, 0.6) is 23.0 Å². The third-order valence-corrected chi connectivity index (χ3v) is 21.6. The molecule has 2 aliphatic heterocycles. The first-order valence-corrected chi connectivity index (χ1v) is 35.7. The highest BCUT2D eigenvalue weighted by molar-refractivity contribution is 5.96. The van der Waals surface area contributed by atoms with Gasteiger partial charge in [0.2, 0.25) is 0 Å². The lowest BCUT2D eigenvalue weighted by atomic mass is 9.65. The molecule has 106 heavy (non-hydrogen) atoms. The molecule has 0 fully saturated rings. The lowest BCUT2D eigenvalue weighted by molar-refractivity contribution is 0.436. The molecular formula is C97H59N7O2. The van der Waals surface area contributed by atoms with Crippen LogP contribution in [0.2, 0.25) is 0 Å². The fraction of sp³-hybridized carbons (Fsp3) is 0.0206. The van der Waals surface area contributed by atoms with Crippen molar-refractivity contribution in [1.82, 2.24) is 34.9 Å². The summed E-state index contributed by atoms with van der Waals surface area (Å²) in [7, 11) is 0. The minimum Gasteiger partial charge on any atom is -0.457 e. The smallest absolute Gasteiger partial charge is 0.160 e. The number of ether oxygens (including phenoxy) is 2. The zero-order valence-electron chi connectivity index (χ0n) is 57.0. The second kappa shape index (κ2) is 24.3. The molecule has 9 nitrogen and oxygen atoms in total. The fourth-order valence-electron chi connectivity index (χ4n) is 17.0. The van der Waals surface area contributed by atoms with Crippen LogP contribution in [0, 0.1) is 0 Å². The largest absolute Gasteiger partial charge is 0.457 e. The van der Waals surface area contributed by atoms with E-state index in [0.29, 0.717) is 11.6 Å². The van der Waals surface area contributed by atoms with E-state index in [-0.39, 0.29) is 0 Å². The van der Waals surface area contributed by atoms with E-state index in [2.05, 4.69) is 308 Å². The lowest BCUT2D eigenvalue weighted by Crippen LogP contribution is -2.32. The molecule has 21 rings (SSSR count). The molecule has 0 N–H and O–H groups in total. The van der Waals surface area contributed by atoms with E-state index >= 15 is 0 Å². The highest BCUT2D eigenvalue weighted by Gasteiger charge is 2.54. The van der Waals surface area contributed by atoms with Crippen LogP contribution in [0.25, 0.3) is 135 Å². The summed E-state index contributed by atoms with van der Waals surface area (Å²) in [4.78, 5) is 37.1. The highest BCUT2D eigenvalue weighted by Crippen LogP contribution is 2.66. The first kappa shape index (κ1) is 60.6. The molecular weight excluding hydrogens is 1300 g/mol. The summed E-state index contributed by atoms with van der Waals surface area (Å²) in [6.07, 6.45) is 3.74. The van der Waals surface area contributed by atoms with Crippen molar-refractivity contribution in [1.29, 1.82) is 0 Å². The molecule has 7 heterocycles. The SMILES string of the molecule is c1ccc(-c2cc(-c3cccc4c3C3(c5ccccc5Oc5ccccc53)c3ccccc3-4)nc(-c3cccc(-c4cccc(-c5ccc(-c6ccc(-c7cc(-c8ccc(-c9ccccn9)cc8)nc(-c8cccc9c8C8(c%10ccccc%10Oc%10ccccc%108)c8ccccc8-9)n7)cc6)nc5)n4)c3)n2)cc1. The maximum Gasteiger partial charge on any atom is 0.160 e. The summed E-state index contributed by atoms with van der Waals surface area (Å²) in [6, 6.07) is 121. The normalized spacial score (nSPS) is 13.2. The quantitative estimate of drug-likeness (QED) is 0.132. The van der Waals surface area contributed by atoms with Gasteiger partial charge in [0.05, 0.1) is 56.4 Å². The molecule has 0 atom stereocenters. The molecule has 12 aromatic carbocycles. The van der Waals surface area contributed by atoms with Crippen molar-refractivity contribution in [3.63, 3.8) is 0 Å². The average molecular weight is 1350 g/mol. The Labute approximate surface area is 612 Å². The van der Waals surface area contributed by atoms with Crippen LogP contribution < -0.4 is 9.47 Å². The van der Waals surface area contributed by atoms with E-state index in [1.165, 1.54) is 33.4 Å². The Morgan fingerprint density at radius 3 is 1.10 bits per heavy atom. The summed E-state index contributed by atoms with van der Waals surface area (Å²) in [5.74, 6) is 4.55. The minimum absolute atomic E-state index is 0.607. The average Bonchev–Trinajstić information content (AvgIpc) is 1.44. The number of hydrogen-bond donors (Lipinski definition) is 0. The molecule has 2 spiro atoms. The Bertz CT molecular complexity index is 6310. The molecule has 0 saturated carbocycles. The number of nitrogens with zero attached hydrogens (tertiary/aromatic N) is 7. The molecule has 4 aliphatic rings. The van der Waals surface area contributed by atoms with Gasteiger partial charge in [-0.25, -0.2) is 24.9 Å². The number of fused-ring (bicyclic) bond motifs is 18. The number of rotatable bonds is 10. The van der Waals surface area contributed by atoms with Crippen LogP contribution in [0.1, 0.15) is 44.5 Å². The van der Waals surface area contributed by atoms with Crippen LogP contribution in [0.4, 0.5) is 0 Å². The fourth-order valence-corrected chi connectivity index (χ4v) is 17.0. The molecule has 0 bridgehead atoms. The third kappa shape index (κ3) is 9.46. The van der Waals surface area contributed by atoms with E-state index in [1.807, 2.05) is 54.9 Å². The van der Waals surface area contributed by atoms with E-state index in [9.17, 15) is 0 Å². The highest BCUT2D eigenvalue weighted by atomic mass is 16.5. The summed E-state index contributed by atoms with van der Waals surface area (Å²) in [5.41, 5.74) is 28.4. The summed E-state index contributed by atoms with van der Waals surface area (Å²) >= 11 is 0. The van der Waals surface area contributed by atoms with Crippen molar-refractivity contribution in [2.75, 3.05) is 0 Å². The van der Waals surface area contributed by atoms with E-state index in [4.69, 9.17) is 39.4 Å². The number of aromatic nitrogens is 7. The van der Waals surface area contributed by atoms with E-state index in [0.717, 1.165) is 158 Å². The number of hydrogen-bond acceptors (Lipinski definition) is 9. The Balaban J connectivity index is 0.619. The van der Waals surface area contributed by atoms with Gasteiger partial charge in [-0.3, -0.25) is 9.97 Å². The van der Waals surface area contributed by atoms with Crippen LogP contribution in [0.15, 0.2) is 358 Å². The van der Waals surface area contributed by atoms with Gasteiger partial charge in [-0.05, 0) is 123 Å². The summed E-state index contributed by atoms with van der Waals surface area (Å²) < 4.78 is 13.5. The molecule has 494 valence electrons. The lowest BCUT2D eigenvalue weighted by Gasteiger charge is -2.40. The van der Waals surface area contributed by atoms with Crippen molar-refractivity contribution in [2.24, 2.45) is 0 Å². The predicted octanol–water partition coefficient (Wildman–Crippen LogP) is 23.1. The van der Waals surface area contributed by atoms with Gasteiger partial charge < -0.3 is 9.47 Å². The molecule has 17 aromatic rings. The van der Waals surface area contributed by atoms with Gasteiger partial charge in [-0.2, -0.15) is 0 Å². The van der Waals surface area contributed by atoms with Crippen molar-refractivity contribution < 1.29 is 9.47 Å². The maximum absolute atomic E-state index is 6.75. The summed E-state index contributed by atoms with van der Waals surface area (Å²) in [5, 5.41) is 0. The zero-order valence-corrected chi connectivity index (χ0v) is 57.0. The van der Waals surface area contributed by atoms with Gasteiger partial charge in [0.25, 0.3) is 0 Å². The van der Waals surface area contributed by atoms with Gasteiger partial charge in [0.15, 0.2) is 11.6 Å². The van der Waals surface area contributed by atoms with Crippen LogP contribution in [-0.2, 0) is 10.8 Å². The first-order valence-electron chi connectivity index (χ1n) is 35.7.